The number of hydrogen-bond donors (Lipinski definition) is 3. The molecule has 0 bridgehead atoms. The van der Waals surface area contributed by atoms with Gasteiger partial charge in [-0.1, -0.05) is 17.7 Å². The van der Waals surface area contributed by atoms with Crippen molar-refractivity contribution in [2.75, 3.05) is 31.8 Å². The summed E-state index contributed by atoms with van der Waals surface area (Å²) in [6.45, 7) is 6.43. The number of carbonyl (C=O) groups is 1. The molecule has 37 heavy (non-hydrogen) atoms. The van der Waals surface area contributed by atoms with Crippen molar-refractivity contribution in [2.45, 2.75) is 45.7 Å². The normalized spacial score (nSPS) is 14.7. The van der Waals surface area contributed by atoms with Gasteiger partial charge < -0.3 is 26.4 Å². The highest BCUT2D eigenvalue weighted by Gasteiger charge is 2.27. The molecule has 196 valence electrons. The molecule has 1 saturated carbocycles. The molecule has 1 fully saturated rings. The molecule has 4 rings (SSSR count). The second kappa shape index (κ2) is 10.9. The van der Waals surface area contributed by atoms with Crippen LogP contribution in [0.15, 0.2) is 30.7 Å². The van der Waals surface area contributed by atoms with E-state index in [4.69, 9.17) is 27.8 Å². The SMILES string of the molecule is Cc1c(Cl)cc(C(C)Nc2ncnc(N)c2C(C)N)c(OCC2CC2)c1-c1ccc(C(=O)N(C)C)nc1. The van der Waals surface area contributed by atoms with Gasteiger partial charge in [-0.2, -0.15) is 0 Å². The fourth-order valence-electron chi connectivity index (χ4n) is 4.21. The minimum Gasteiger partial charge on any atom is -0.492 e. The third-order valence-corrected chi connectivity index (χ3v) is 6.92. The summed E-state index contributed by atoms with van der Waals surface area (Å²) < 4.78 is 6.47. The summed E-state index contributed by atoms with van der Waals surface area (Å²) in [5.74, 6) is 2.02. The van der Waals surface area contributed by atoms with Crippen molar-refractivity contribution in [3.05, 3.63) is 58.1 Å². The Morgan fingerprint density at radius 3 is 2.57 bits per heavy atom. The van der Waals surface area contributed by atoms with Crippen molar-refractivity contribution in [2.24, 2.45) is 11.7 Å². The maximum Gasteiger partial charge on any atom is 0.271 e. The van der Waals surface area contributed by atoms with Crippen LogP contribution in [-0.4, -0.2) is 46.5 Å². The van der Waals surface area contributed by atoms with Gasteiger partial charge in [0.25, 0.3) is 5.91 Å². The number of anilines is 2. The summed E-state index contributed by atoms with van der Waals surface area (Å²) in [4.78, 5) is 26.8. The smallest absolute Gasteiger partial charge is 0.271 e. The van der Waals surface area contributed by atoms with E-state index in [1.165, 1.54) is 11.2 Å². The summed E-state index contributed by atoms with van der Waals surface area (Å²) in [6, 6.07) is 4.93. The van der Waals surface area contributed by atoms with Gasteiger partial charge in [0.1, 0.15) is 29.4 Å². The van der Waals surface area contributed by atoms with Gasteiger partial charge in [-0.05, 0) is 57.2 Å². The number of aromatic nitrogens is 3. The molecule has 5 N–H and O–H groups in total. The third kappa shape index (κ3) is 5.78. The number of carbonyl (C=O) groups excluding carboxylic acids is 1. The molecule has 2 atom stereocenters. The molecule has 0 radical (unpaired) electrons. The third-order valence-electron chi connectivity index (χ3n) is 6.53. The van der Waals surface area contributed by atoms with Gasteiger partial charge in [0.15, 0.2) is 0 Å². The highest BCUT2D eigenvalue weighted by Crippen LogP contribution is 2.44. The van der Waals surface area contributed by atoms with Gasteiger partial charge >= 0.3 is 0 Å². The van der Waals surface area contributed by atoms with E-state index in [0.717, 1.165) is 40.8 Å². The van der Waals surface area contributed by atoms with E-state index in [9.17, 15) is 4.79 Å². The molecule has 10 heteroatoms. The van der Waals surface area contributed by atoms with E-state index < -0.39 is 0 Å². The Morgan fingerprint density at radius 2 is 1.97 bits per heavy atom. The Labute approximate surface area is 222 Å². The minimum atomic E-state index is -0.354. The molecule has 1 aromatic carbocycles. The lowest BCUT2D eigenvalue weighted by Crippen LogP contribution is -2.22. The van der Waals surface area contributed by atoms with Crippen LogP contribution >= 0.6 is 11.6 Å². The predicted octanol–water partition coefficient (Wildman–Crippen LogP) is 4.77. The van der Waals surface area contributed by atoms with E-state index in [0.29, 0.717) is 40.4 Å². The summed E-state index contributed by atoms with van der Waals surface area (Å²) >= 11 is 6.76. The number of nitrogen functional groups attached to an aromatic ring is 1. The van der Waals surface area contributed by atoms with Crippen LogP contribution in [0.5, 0.6) is 5.75 Å². The highest BCUT2D eigenvalue weighted by atomic mass is 35.5. The Hall–Kier alpha value is -3.43. The molecule has 0 saturated heterocycles. The highest BCUT2D eigenvalue weighted by molar-refractivity contribution is 6.32. The lowest BCUT2D eigenvalue weighted by Gasteiger charge is -2.25. The van der Waals surface area contributed by atoms with Gasteiger partial charge in [-0.15, -0.1) is 0 Å². The lowest BCUT2D eigenvalue weighted by molar-refractivity contribution is 0.0822. The first-order valence-electron chi connectivity index (χ1n) is 12.3. The monoisotopic (exact) mass is 523 g/mol. The van der Waals surface area contributed by atoms with Crippen molar-refractivity contribution in [3.63, 3.8) is 0 Å². The van der Waals surface area contributed by atoms with Gasteiger partial charge in [-0.3, -0.25) is 9.78 Å². The number of amides is 1. The number of nitrogens with two attached hydrogens (primary N) is 2. The summed E-state index contributed by atoms with van der Waals surface area (Å²) in [6.07, 6.45) is 5.43. The number of benzene rings is 1. The summed E-state index contributed by atoms with van der Waals surface area (Å²) in [5.41, 5.74) is 16.7. The fraction of sp³-hybridized carbons (Fsp3) is 0.407. The van der Waals surface area contributed by atoms with Crippen LogP contribution in [0.4, 0.5) is 11.6 Å². The Balaban J connectivity index is 1.79. The molecule has 9 nitrogen and oxygen atoms in total. The molecule has 2 unspecified atom stereocenters. The van der Waals surface area contributed by atoms with Crippen LogP contribution < -0.4 is 21.5 Å². The predicted molar refractivity (Wildman–Crippen MR) is 147 cm³/mol. The van der Waals surface area contributed by atoms with Crippen molar-refractivity contribution in [1.29, 1.82) is 0 Å². The van der Waals surface area contributed by atoms with Crippen LogP contribution in [0.25, 0.3) is 11.1 Å². The molecule has 3 aromatic rings. The molecular formula is C27H34ClN7O2. The van der Waals surface area contributed by atoms with Crippen molar-refractivity contribution < 1.29 is 9.53 Å². The lowest BCUT2D eigenvalue weighted by atomic mass is 9.94. The summed E-state index contributed by atoms with van der Waals surface area (Å²) in [7, 11) is 3.40. The molecule has 1 amide bonds. The van der Waals surface area contributed by atoms with E-state index in [2.05, 4.69) is 20.3 Å². The number of halogens is 1. The topological polar surface area (TPSA) is 132 Å². The molecule has 1 aliphatic carbocycles. The standard InChI is InChI=1S/C27H34ClN7O2/c1-14-20(28)10-19(16(3)34-26-23(15(2)29)25(30)32-13-33-26)24(37-12-17-6-7-17)22(14)18-8-9-21(31-11-18)27(36)35(4)5/h8-11,13,15-17H,6-7,12,29H2,1-5H3,(H3,30,32,33,34). The molecule has 0 aliphatic heterocycles. The largest absolute Gasteiger partial charge is 0.492 e. The number of nitrogens with one attached hydrogen (secondary N) is 1. The van der Waals surface area contributed by atoms with Crippen molar-refractivity contribution in [1.82, 2.24) is 19.9 Å². The second-order valence-electron chi connectivity index (χ2n) is 9.84. The van der Waals surface area contributed by atoms with Crippen molar-refractivity contribution >= 4 is 29.1 Å². The number of rotatable bonds is 9. The quantitative estimate of drug-likeness (QED) is 0.365. The number of pyridine rings is 1. The first-order chi connectivity index (χ1) is 17.6. The van der Waals surface area contributed by atoms with Crippen LogP contribution in [-0.2, 0) is 0 Å². The molecule has 1 aliphatic rings. The molecule has 2 aromatic heterocycles. The average Bonchev–Trinajstić information content (AvgIpc) is 3.68. The van der Waals surface area contributed by atoms with Gasteiger partial charge in [0.2, 0.25) is 0 Å². The zero-order valence-corrected chi connectivity index (χ0v) is 22.6. The van der Waals surface area contributed by atoms with E-state index in [-0.39, 0.29) is 18.0 Å². The maximum absolute atomic E-state index is 12.4. The van der Waals surface area contributed by atoms with E-state index in [1.807, 2.05) is 32.9 Å². The maximum atomic E-state index is 12.4. The fourth-order valence-corrected chi connectivity index (χ4v) is 4.42. The van der Waals surface area contributed by atoms with E-state index in [1.54, 1.807) is 26.4 Å². The van der Waals surface area contributed by atoms with Crippen LogP contribution in [0.1, 0.15) is 66.0 Å². The minimum absolute atomic E-state index is 0.160. The molecule has 0 spiro atoms. The zero-order valence-electron chi connectivity index (χ0n) is 21.9. The Morgan fingerprint density at radius 1 is 1.24 bits per heavy atom. The second-order valence-corrected chi connectivity index (χ2v) is 10.2. The summed E-state index contributed by atoms with van der Waals surface area (Å²) in [5, 5.41) is 4.04. The zero-order chi connectivity index (χ0) is 26.9. The molecular weight excluding hydrogens is 490 g/mol. The first-order valence-corrected chi connectivity index (χ1v) is 12.7. The van der Waals surface area contributed by atoms with Gasteiger partial charge in [-0.25, -0.2) is 9.97 Å². The first kappa shape index (κ1) is 26.6. The number of nitrogens with zero attached hydrogens (tertiary/aromatic N) is 4. The Kier molecular flexibility index (Phi) is 7.85. The van der Waals surface area contributed by atoms with Crippen LogP contribution in [0, 0.1) is 12.8 Å². The Bertz CT molecular complexity index is 1290. The number of hydrogen-bond acceptors (Lipinski definition) is 8. The van der Waals surface area contributed by atoms with Gasteiger partial charge in [0, 0.05) is 48.0 Å². The van der Waals surface area contributed by atoms with Crippen molar-refractivity contribution in [3.8, 4) is 16.9 Å². The van der Waals surface area contributed by atoms with Crippen LogP contribution in [0.3, 0.4) is 0 Å². The average molecular weight is 524 g/mol. The number of ether oxygens (including phenoxy) is 1. The van der Waals surface area contributed by atoms with Gasteiger partial charge in [0.05, 0.1) is 18.2 Å². The van der Waals surface area contributed by atoms with Crippen LogP contribution in [0.2, 0.25) is 5.02 Å². The van der Waals surface area contributed by atoms with E-state index >= 15 is 0 Å². The molecule has 2 heterocycles.